The monoisotopic (exact) mass is 496 g/mol. The van der Waals surface area contributed by atoms with Gasteiger partial charge in [-0.3, -0.25) is 9.36 Å². The maximum atomic E-state index is 13.6. The zero-order chi connectivity index (χ0) is 24.4. The van der Waals surface area contributed by atoms with Crippen molar-refractivity contribution >= 4 is 41.0 Å². The Morgan fingerprint density at radius 1 is 1.15 bits per heavy atom. The number of thiazole rings is 1. The second-order valence-electron chi connectivity index (χ2n) is 7.44. The zero-order valence-electron chi connectivity index (χ0n) is 18.7. The Kier molecular flexibility index (Phi) is 6.81. The van der Waals surface area contributed by atoms with Crippen molar-refractivity contribution in [3.63, 3.8) is 0 Å². The second kappa shape index (κ2) is 9.79. The Morgan fingerprint density at radius 2 is 1.85 bits per heavy atom. The van der Waals surface area contributed by atoms with Crippen molar-refractivity contribution in [3.05, 3.63) is 101 Å². The summed E-state index contributed by atoms with van der Waals surface area (Å²) in [5.41, 5.74) is 2.19. The van der Waals surface area contributed by atoms with Crippen LogP contribution in [0.25, 0.3) is 6.08 Å². The zero-order valence-corrected chi connectivity index (χ0v) is 20.3. The normalized spacial score (nSPS) is 15.5. The first-order valence-corrected chi connectivity index (χ1v) is 11.7. The minimum absolute atomic E-state index is 0.191. The lowest BCUT2D eigenvalue weighted by atomic mass is 9.96. The van der Waals surface area contributed by atoms with Crippen LogP contribution in [-0.4, -0.2) is 30.2 Å². The van der Waals surface area contributed by atoms with Crippen molar-refractivity contribution < 1.29 is 19.1 Å². The number of methoxy groups -OCH3 is 1. The number of esters is 2. The first-order valence-electron chi connectivity index (χ1n) is 10.5. The van der Waals surface area contributed by atoms with Crippen LogP contribution in [0.15, 0.2) is 69.6 Å². The van der Waals surface area contributed by atoms with Crippen LogP contribution in [0.2, 0.25) is 5.02 Å². The molecule has 0 bridgehead atoms. The fraction of sp³-hybridized carbons (Fsp3) is 0.200. The lowest BCUT2D eigenvalue weighted by Gasteiger charge is -2.25. The topological polar surface area (TPSA) is 87.0 Å². The van der Waals surface area contributed by atoms with E-state index in [2.05, 4.69) is 4.99 Å². The molecule has 2 heterocycles. The Morgan fingerprint density at radius 3 is 2.50 bits per heavy atom. The fourth-order valence-electron chi connectivity index (χ4n) is 3.77. The number of benzene rings is 2. The summed E-state index contributed by atoms with van der Waals surface area (Å²) in [6.45, 7) is 3.63. The highest BCUT2D eigenvalue weighted by molar-refractivity contribution is 7.07. The van der Waals surface area contributed by atoms with Crippen LogP contribution in [0.3, 0.4) is 0 Å². The van der Waals surface area contributed by atoms with Crippen molar-refractivity contribution in [2.45, 2.75) is 19.9 Å². The van der Waals surface area contributed by atoms with Gasteiger partial charge in [0.25, 0.3) is 5.56 Å². The van der Waals surface area contributed by atoms with Gasteiger partial charge in [-0.1, -0.05) is 53.3 Å². The lowest BCUT2D eigenvalue weighted by molar-refractivity contribution is -0.139. The van der Waals surface area contributed by atoms with Gasteiger partial charge in [-0.15, -0.1) is 0 Å². The summed E-state index contributed by atoms with van der Waals surface area (Å²) >= 11 is 7.71. The number of fused-ring (bicyclic) bond motifs is 1. The molecule has 0 aliphatic carbocycles. The quantitative estimate of drug-likeness (QED) is 0.506. The Hall–Kier alpha value is -3.49. The van der Waals surface area contributed by atoms with Crippen LogP contribution in [0.4, 0.5) is 0 Å². The van der Waals surface area contributed by atoms with Gasteiger partial charge in [0.2, 0.25) is 0 Å². The predicted octanol–water partition coefficient (Wildman–Crippen LogP) is 3.24. The number of nitrogens with zero attached hydrogens (tertiary/aromatic N) is 2. The third-order valence-corrected chi connectivity index (χ3v) is 6.67. The largest absolute Gasteiger partial charge is 0.465 e. The summed E-state index contributed by atoms with van der Waals surface area (Å²) in [4.78, 5) is 43.1. The number of carbonyl (C=O) groups is 2. The van der Waals surface area contributed by atoms with Crippen molar-refractivity contribution in [3.8, 4) is 0 Å². The van der Waals surface area contributed by atoms with Gasteiger partial charge in [0.15, 0.2) is 4.80 Å². The first kappa shape index (κ1) is 23.7. The molecule has 1 atom stereocenters. The third kappa shape index (κ3) is 4.34. The summed E-state index contributed by atoms with van der Waals surface area (Å²) < 4.78 is 11.9. The standard InChI is InChI=1S/C25H21ClN2O5S/c1-4-33-24(31)20-14(2)27-25-28(21(20)17-7-5-6-8-18(17)26)22(29)19(34-25)13-15-9-11-16(12-10-15)23(30)32-3/h5-13,21H,4H2,1-3H3/b19-13+. The van der Waals surface area contributed by atoms with E-state index >= 15 is 0 Å². The van der Waals surface area contributed by atoms with Gasteiger partial charge in [-0.25, -0.2) is 14.6 Å². The van der Waals surface area contributed by atoms with Crippen molar-refractivity contribution in [1.29, 1.82) is 0 Å². The highest BCUT2D eigenvalue weighted by Crippen LogP contribution is 2.34. The van der Waals surface area contributed by atoms with Crippen molar-refractivity contribution in [2.75, 3.05) is 13.7 Å². The summed E-state index contributed by atoms with van der Waals surface area (Å²) in [6, 6.07) is 13.0. The van der Waals surface area contributed by atoms with Crippen LogP contribution in [0, 0.1) is 0 Å². The van der Waals surface area contributed by atoms with Gasteiger partial charge in [0.1, 0.15) is 6.04 Å². The van der Waals surface area contributed by atoms with Crippen LogP contribution in [-0.2, 0) is 14.3 Å². The molecule has 0 amide bonds. The second-order valence-corrected chi connectivity index (χ2v) is 8.85. The van der Waals surface area contributed by atoms with Crippen LogP contribution in [0.5, 0.6) is 0 Å². The van der Waals surface area contributed by atoms with E-state index in [1.807, 2.05) is 0 Å². The number of ether oxygens (including phenoxy) is 2. The smallest absolute Gasteiger partial charge is 0.338 e. The molecule has 1 aliphatic rings. The van der Waals surface area contributed by atoms with Gasteiger partial charge in [0.05, 0.1) is 35.1 Å². The Balaban J connectivity index is 1.90. The molecule has 1 aromatic heterocycles. The van der Waals surface area contributed by atoms with E-state index in [4.69, 9.17) is 21.1 Å². The Labute approximate surface area is 204 Å². The van der Waals surface area contributed by atoms with E-state index in [1.54, 1.807) is 68.5 Å². The van der Waals surface area contributed by atoms with Gasteiger partial charge >= 0.3 is 11.9 Å². The minimum atomic E-state index is -0.771. The molecule has 0 fully saturated rings. The third-order valence-electron chi connectivity index (χ3n) is 5.35. The molecule has 2 aromatic carbocycles. The Bertz CT molecular complexity index is 1480. The number of rotatable bonds is 5. The number of allylic oxidation sites excluding steroid dienone is 1. The molecular formula is C25H21ClN2O5S. The predicted molar refractivity (Wildman–Crippen MR) is 130 cm³/mol. The molecule has 0 saturated heterocycles. The van der Waals surface area contributed by atoms with Gasteiger partial charge < -0.3 is 9.47 Å². The number of hydrogen-bond donors (Lipinski definition) is 0. The molecule has 4 rings (SSSR count). The summed E-state index contributed by atoms with van der Waals surface area (Å²) in [6.07, 6.45) is 1.72. The molecule has 174 valence electrons. The molecule has 1 aliphatic heterocycles. The van der Waals surface area contributed by atoms with E-state index in [-0.39, 0.29) is 17.7 Å². The number of hydrogen-bond acceptors (Lipinski definition) is 7. The lowest BCUT2D eigenvalue weighted by Crippen LogP contribution is -2.40. The first-order chi connectivity index (χ1) is 16.3. The number of aromatic nitrogens is 1. The SMILES string of the molecule is CCOC(=O)C1=C(C)N=c2s/c(=C/c3ccc(C(=O)OC)cc3)c(=O)n2C1c1ccccc1Cl. The van der Waals surface area contributed by atoms with Crippen LogP contribution >= 0.6 is 22.9 Å². The molecule has 34 heavy (non-hydrogen) atoms. The van der Waals surface area contributed by atoms with Gasteiger partial charge in [-0.2, -0.15) is 0 Å². The molecular weight excluding hydrogens is 476 g/mol. The molecule has 7 nitrogen and oxygen atoms in total. The molecule has 0 N–H and O–H groups in total. The van der Waals surface area contributed by atoms with Crippen LogP contribution in [0.1, 0.15) is 41.4 Å². The average molecular weight is 497 g/mol. The number of carbonyl (C=O) groups excluding carboxylic acids is 2. The maximum absolute atomic E-state index is 13.6. The van der Waals surface area contributed by atoms with Gasteiger partial charge in [-0.05, 0) is 49.2 Å². The number of halogens is 1. The summed E-state index contributed by atoms with van der Waals surface area (Å²) in [5, 5.41) is 0.428. The van der Waals surface area contributed by atoms with E-state index in [1.165, 1.54) is 23.0 Å². The molecule has 0 radical (unpaired) electrons. The summed E-state index contributed by atoms with van der Waals surface area (Å²) in [7, 11) is 1.32. The van der Waals surface area contributed by atoms with Crippen molar-refractivity contribution in [1.82, 2.24) is 4.57 Å². The van der Waals surface area contributed by atoms with E-state index < -0.39 is 18.0 Å². The van der Waals surface area contributed by atoms with Gasteiger partial charge in [0, 0.05) is 5.02 Å². The molecule has 1 unspecified atom stereocenters. The fourth-order valence-corrected chi connectivity index (χ4v) is 5.05. The average Bonchev–Trinajstić information content (AvgIpc) is 3.13. The summed E-state index contributed by atoms with van der Waals surface area (Å²) in [5.74, 6) is -0.978. The van der Waals surface area contributed by atoms with E-state index in [0.717, 1.165) is 5.56 Å². The maximum Gasteiger partial charge on any atom is 0.338 e. The minimum Gasteiger partial charge on any atom is -0.465 e. The van der Waals surface area contributed by atoms with Crippen LogP contribution < -0.4 is 14.9 Å². The van der Waals surface area contributed by atoms with E-state index in [0.29, 0.717) is 31.2 Å². The highest BCUT2D eigenvalue weighted by atomic mass is 35.5. The molecule has 0 saturated carbocycles. The molecule has 0 spiro atoms. The molecule has 9 heteroatoms. The van der Waals surface area contributed by atoms with Crippen molar-refractivity contribution in [2.24, 2.45) is 4.99 Å². The van der Waals surface area contributed by atoms with E-state index in [9.17, 15) is 14.4 Å². The molecule has 3 aromatic rings. The highest BCUT2D eigenvalue weighted by Gasteiger charge is 2.34.